The summed E-state index contributed by atoms with van der Waals surface area (Å²) in [4.78, 5) is 14.4. The summed E-state index contributed by atoms with van der Waals surface area (Å²) in [5.74, 6) is 1.29. The smallest absolute Gasteiger partial charge is 0.317 e. The Bertz CT molecular complexity index is 585. The molecule has 4 rings (SSSR count). The third-order valence-electron chi connectivity index (χ3n) is 5.38. The van der Waals surface area contributed by atoms with Gasteiger partial charge in [0.1, 0.15) is 5.75 Å². The van der Waals surface area contributed by atoms with Gasteiger partial charge in [0.15, 0.2) is 0 Å². The lowest BCUT2D eigenvalue weighted by Crippen LogP contribution is -2.59. The van der Waals surface area contributed by atoms with Gasteiger partial charge in [0.05, 0.1) is 25.4 Å². The number of para-hydroxylation sites is 1. The van der Waals surface area contributed by atoms with Crippen molar-refractivity contribution < 1.29 is 14.3 Å². The number of hydrogen-bond donors (Lipinski definition) is 1. The molecule has 2 amide bonds. The van der Waals surface area contributed by atoms with Gasteiger partial charge < -0.3 is 19.7 Å². The summed E-state index contributed by atoms with van der Waals surface area (Å²) in [6.07, 6.45) is 4.34. The van der Waals surface area contributed by atoms with Crippen LogP contribution in [0.25, 0.3) is 0 Å². The second kappa shape index (κ2) is 6.04. The van der Waals surface area contributed by atoms with E-state index in [1.807, 2.05) is 23.1 Å². The summed E-state index contributed by atoms with van der Waals surface area (Å²) in [6.45, 7) is 3.48. The average Bonchev–Trinajstić information content (AvgIpc) is 2.58. The van der Waals surface area contributed by atoms with Crippen LogP contribution < -0.4 is 10.1 Å². The van der Waals surface area contributed by atoms with Crippen molar-refractivity contribution in [3.8, 4) is 5.75 Å². The number of carbonyl (C=O) groups excluding carboxylic acids is 1. The van der Waals surface area contributed by atoms with Gasteiger partial charge >= 0.3 is 6.03 Å². The van der Waals surface area contributed by atoms with Gasteiger partial charge in [-0.05, 0) is 37.3 Å². The molecule has 3 aliphatic rings. The Morgan fingerprint density at radius 2 is 2.17 bits per heavy atom. The van der Waals surface area contributed by atoms with E-state index >= 15 is 0 Å². The number of nitrogens with zero attached hydrogens (tertiary/aromatic N) is 1. The van der Waals surface area contributed by atoms with Crippen LogP contribution in [0.15, 0.2) is 24.3 Å². The first kappa shape index (κ1) is 14.8. The van der Waals surface area contributed by atoms with Crippen molar-refractivity contribution in [3.63, 3.8) is 0 Å². The summed E-state index contributed by atoms with van der Waals surface area (Å²) in [5, 5.41) is 3.12. The number of ether oxygens (including phenoxy) is 2. The summed E-state index contributed by atoms with van der Waals surface area (Å²) < 4.78 is 11.6. The lowest BCUT2D eigenvalue weighted by molar-refractivity contribution is -0.141. The third kappa shape index (κ3) is 2.90. The molecule has 2 heterocycles. The van der Waals surface area contributed by atoms with Crippen LogP contribution in [0, 0.1) is 0 Å². The molecule has 1 spiro atoms. The zero-order valence-corrected chi connectivity index (χ0v) is 13.4. The van der Waals surface area contributed by atoms with E-state index in [9.17, 15) is 4.79 Å². The van der Waals surface area contributed by atoms with Gasteiger partial charge in [0, 0.05) is 19.0 Å². The molecule has 1 saturated carbocycles. The zero-order chi connectivity index (χ0) is 15.7. The number of hydrogen-bond acceptors (Lipinski definition) is 3. The van der Waals surface area contributed by atoms with Gasteiger partial charge in [-0.25, -0.2) is 4.79 Å². The summed E-state index contributed by atoms with van der Waals surface area (Å²) in [7, 11) is 0. The first-order valence-corrected chi connectivity index (χ1v) is 8.64. The minimum absolute atomic E-state index is 0.0408. The maximum absolute atomic E-state index is 12.5. The molecule has 1 N–H and O–H groups in total. The molecule has 0 bridgehead atoms. The number of carbonyl (C=O) groups is 1. The highest BCUT2D eigenvalue weighted by molar-refractivity contribution is 5.74. The Morgan fingerprint density at radius 1 is 1.30 bits per heavy atom. The lowest BCUT2D eigenvalue weighted by atomic mass is 9.79. The van der Waals surface area contributed by atoms with Gasteiger partial charge in [0.2, 0.25) is 0 Å². The number of benzene rings is 1. The normalized spacial score (nSPS) is 25.2. The molecule has 1 atom stereocenters. The Morgan fingerprint density at radius 3 is 3.00 bits per heavy atom. The molecule has 1 unspecified atom stereocenters. The minimum Gasteiger partial charge on any atom is -0.493 e. The van der Waals surface area contributed by atoms with Crippen molar-refractivity contribution in [2.45, 2.75) is 37.2 Å². The number of amides is 2. The standard InChI is InChI=1S/C18H24N2O3/c21-17(20-9-11-23-18(13-20)7-3-8-18)19-12-14-6-10-22-16-5-2-1-4-15(14)16/h1-2,4-5,14H,3,6-13H2,(H,19,21). The molecule has 1 aromatic carbocycles. The molecule has 2 fully saturated rings. The molecule has 1 saturated heterocycles. The van der Waals surface area contributed by atoms with Gasteiger partial charge in [-0.1, -0.05) is 18.2 Å². The molecule has 1 aliphatic carbocycles. The number of nitrogens with one attached hydrogen (secondary N) is 1. The second-order valence-electron chi connectivity index (χ2n) is 6.86. The van der Waals surface area contributed by atoms with E-state index < -0.39 is 0 Å². The Labute approximate surface area is 136 Å². The highest BCUT2D eigenvalue weighted by Gasteiger charge is 2.43. The van der Waals surface area contributed by atoms with Crippen molar-refractivity contribution in [3.05, 3.63) is 29.8 Å². The second-order valence-corrected chi connectivity index (χ2v) is 6.86. The molecule has 23 heavy (non-hydrogen) atoms. The number of morpholine rings is 1. The van der Waals surface area contributed by atoms with Gasteiger partial charge in [-0.15, -0.1) is 0 Å². The van der Waals surface area contributed by atoms with E-state index in [2.05, 4.69) is 11.4 Å². The minimum atomic E-state index is -0.0408. The fraction of sp³-hybridized carbons (Fsp3) is 0.611. The van der Waals surface area contributed by atoms with Gasteiger partial charge in [0.25, 0.3) is 0 Å². The van der Waals surface area contributed by atoms with Crippen molar-refractivity contribution in [1.82, 2.24) is 10.2 Å². The number of urea groups is 1. The van der Waals surface area contributed by atoms with Crippen LogP contribution in [0.1, 0.15) is 37.2 Å². The maximum atomic E-state index is 12.5. The first-order chi connectivity index (χ1) is 11.3. The van der Waals surface area contributed by atoms with Gasteiger partial charge in [-0.2, -0.15) is 0 Å². The van der Waals surface area contributed by atoms with Crippen molar-refractivity contribution in [2.24, 2.45) is 0 Å². The quantitative estimate of drug-likeness (QED) is 0.912. The predicted molar refractivity (Wildman–Crippen MR) is 86.8 cm³/mol. The van der Waals surface area contributed by atoms with Crippen LogP contribution in [0.3, 0.4) is 0 Å². The molecule has 1 aromatic rings. The van der Waals surface area contributed by atoms with E-state index in [4.69, 9.17) is 9.47 Å². The van der Waals surface area contributed by atoms with Crippen LogP contribution in [0.4, 0.5) is 4.79 Å². The Kier molecular flexibility index (Phi) is 3.89. The fourth-order valence-corrected chi connectivity index (χ4v) is 3.84. The topological polar surface area (TPSA) is 50.8 Å². The average molecular weight is 316 g/mol. The van der Waals surface area contributed by atoms with E-state index in [0.717, 1.165) is 38.2 Å². The van der Waals surface area contributed by atoms with Crippen LogP contribution in [0.5, 0.6) is 5.75 Å². The van der Waals surface area contributed by atoms with Crippen molar-refractivity contribution in [2.75, 3.05) is 32.8 Å². The predicted octanol–water partition coefficient (Wildman–Crippen LogP) is 2.52. The van der Waals surface area contributed by atoms with Gasteiger partial charge in [-0.3, -0.25) is 0 Å². The summed E-state index contributed by atoms with van der Waals surface area (Å²) in [6, 6.07) is 8.18. The monoisotopic (exact) mass is 316 g/mol. The lowest BCUT2D eigenvalue weighted by Gasteiger charge is -2.48. The van der Waals surface area contributed by atoms with Crippen LogP contribution >= 0.6 is 0 Å². The highest BCUT2D eigenvalue weighted by Crippen LogP contribution is 2.38. The largest absolute Gasteiger partial charge is 0.493 e. The van der Waals surface area contributed by atoms with Crippen LogP contribution in [-0.4, -0.2) is 49.4 Å². The number of fused-ring (bicyclic) bond motifs is 1. The Balaban J connectivity index is 1.35. The molecule has 5 heteroatoms. The van der Waals surface area contributed by atoms with Crippen molar-refractivity contribution in [1.29, 1.82) is 0 Å². The maximum Gasteiger partial charge on any atom is 0.317 e. The number of rotatable bonds is 2. The summed E-state index contributed by atoms with van der Waals surface area (Å²) in [5.41, 5.74) is 1.16. The Hall–Kier alpha value is -1.75. The fourth-order valence-electron chi connectivity index (χ4n) is 3.84. The molecular weight excluding hydrogens is 292 g/mol. The van der Waals surface area contributed by atoms with Crippen LogP contribution in [-0.2, 0) is 4.74 Å². The van der Waals surface area contributed by atoms with Crippen molar-refractivity contribution >= 4 is 6.03 Å². The van der Waals surface area contributed by atoms with E-state index in [0.29, 0.717) is 25.6 Å². The molecular formula is C18H24N2O3. The first-order valence-electron chi connectivity index (χ1n) is 8.64. The molecule has 2 aliphatic heterocycles. The molecule has 5 nitrogen and oxygen atoms in total. The van der Waals surface area contributed by atoms with E-state index in [-0.39, 0.29) is 11.6 Å². The zero-order valence-electron chi connectivity index (χ0n) is 13.4. The SMILES string of the molecule is O=C(NCC1CCOc2ccccc21)N1CCOC2(CCC2)C1. The summed E-state index contributed by atoms with van der Waals surface area (Å²) >= 11 is 0. The third-order valence-corrected chi connectivity index (χ3v) is 5.38. The molecule has 0 radical (unpaired) electrons. The molecule has 0 aromatic heterocycles. The highest BCUT2D eigenvalue weighted by atomic mass is 16.5. The van der Waals surface area contributed by atoms with E-state index in [1.165, 1.54) is 12.0 Å². The molecule has 124 valence electrons. The van der Waals surface area contributed by atoms with E-state index in [1.54, 1.807) is 0 Å². The van der Waals surface area contributed by atoms with Crippen LogP contribution in [0.2, 0.25) is 0 Å².